The summed E-state index contributed by atoms with van der Waals surface area (Å²) < 4.78 is 2.06. The zero-order chi connectivity index (χ0) is 15.6. The largest absolute Gasteiger partial charge is 0.480 e. The van der Waals surface area contributed by atoms with Gasteiger partial charge in [0.05, 0.1) is 5.56 Å². The average molecular weight is 292 g/mol. The number of aliphatic carboxylic acids is 1. The van der Waals surface area contributed by atoms with Gasteiger partial charge in [0, 0.05) is 17.9 Å². The summed E-state index contributed by atoms with van der Waals surface area (Å²) in [5.41, 5.74) is 1.40. The molecule has 1 aromatic heterocycles. The fourth-order valence-corrected chi connectivity index (χ4v) is 3.35. The lowest BCUT2D eigenvalue weighted by atomic mass is 9.81. The molecule has 2 rings (SSSR count). The van der Waals surface area contributed by atoms with Gasteiger partial charge in [-0.05, 0) is 39.7 Å². The van der Waals surface area contributed by atoms with Gasteiger partial charge in [-0.25, -0.2) is 4.79 Å². The van der Waals surface area contributed by atoms with Gasteiger partial charge in [-0.2, -0.15) is 0 Å². The molecular weight excluding hydrogens is 268 g/mol. The monoisotopic (exact) mass is 292 g/mol. The van der Waals surface area contributed by atoms with E-state index < -0.39 is 11.5 Å². The van der Waals surface area contributed by atoms with Crippen molar-refractivity contribution in [1.82, 2.24) is 9.88 Å². The van der Waals surface area contributed by atoms with E-state index in [0.29, 0.717) is 18.4 Å². The molecule has 1 amide bonds. The van der Waals surface area contributed by atoms with Crippen LogP contribution in [0.1, 0.15) is 60.8 Å². The third-order valence-electron chi connectivity index (χ3n) is 4.60. The van der Waals surface area contributed by atoms with Crippen molar-refractivity contribution in [3.8, 4) is 0 Å². The predicted molar refractivity (Wildman–Crippen MR) is 80.5 cm³/mol. The highest BCUT2D eigenvalue weighted by molar-refractivity contribution is 5.99. The molecule has 21 heavy (non-hydrogen) atoms. The molecule has 0 radical (unpaired) electrons. The number of amides is 1. The Balaban J connectivity index is 2.26. The number of aryl methyl sites for hydroxylation is 1. The second-order valence-electron chi connectivity index (χ2n) is 5.93. The van der Waals surface area contributed by atoms with Crippen molar-refractivity contribution in [2.75, 3.05) is 0 Å². The molecule has 2 N–H and O–H groups in total. The molecule has 0 atom stereocenters. The van der Waals surface area contributed by atoms with Gasteiger partial charge in [0.25, 0.3) is 5.91 Å². The summed E-state index contributed by atoms with van der Waals surface area (Å²) in [5.74, 6) is -1.19. The van der Waals surface area contributed by atoms with E-state index in [1.165, 1.54) is 0 Å². The van der Waals surface area contributed by atoms with Gasteiger partial charge in [-0.15, -0.1) is 0 Å². The first kappa shape index (κ1) is 15.6. The van der Waals surface area contributed by atoms with Crippen LogP contribution in [0.25, 0.3) is 0 Å². The van der Waals surface area contributed by atoms with Gasteiger partial charge in [-0.1, -0.05) is 19.3 Å². The van der Waals surface area contributed by atoms with Crippen LogP contribution in [0.3, 0.4) is 0 Å². The van der Waals surface area contributed by atoms with Crippen LogP contribution < -0.4 is 5.32 Å². The van der Waals surface area contributed by atoms with E-state index in [2.05, 4.69) is 9.88 Å². The first-order chi connectivity index (χ1) is 9.91. The van der Waals surface area contributed by atoms with Gasteiger partial charge >= 0.3 is 5.97 Å². The number of aromatic nitrogens is 1. The van der Waals surface area contributed by atoms with Gasteiger partial charge < -0.3 is 15.0 Å². The first-order valence-corrected chi connectivity index (χ1v) is 7.64. The lowest BCUT2D eigenvalue weighted by molar-refractivity contribution is -0.145. The fraction of sp³-hybridized carbons (Fsp3) is 0.625. The number of rotatable bonds is 4. The van der Waals surface area contributed by atoms with Crippen LogP contribution in [0.15, 0.2) is 6.07 Å². The van der Waals surface area contributed by atoms with Crippen molar-refractivity contribution < 1.29 is 14.7 Å². The Hall–Kier alpha value is -1.78. The molecule has 0 saturated heterocycles. The summed E-state index contributed by atoms with van der Waals surface area (Å²) in [6.45, 7) is 6.69. The highest BCUT2D eigenvalue weighted by Gasteiger charge is 2.41. The molecule has 1 fully saturated rings. The number of carboxylic acids is 1. The van der Waals surface area contributed by atoms with Crippen LogP contribution in [0.2, 0.25) is 0 Å². The summed E-state index contributed by atoms with van der Waals surface area (Å²) >= 11 is 0. The minimum atomic E-state index is -1.09. The maximum absolute atomic E-state index is 12.5. The fourth-order valence-electron chi connectivity index (χ4n) is 3.35. The number of carboxylic acid groups (broad SMARTS) is 1. The molecule has 0 bridgehead atoms. The Kier molecular flexibility index (Phi) is 4.40. The third kappa shape index (κ3) is 2.82. The second kappa shape index (κ2) is 5.92. The lowest BCUT2D eigenvalue weighted by Crippen LogP contribution is -2.55. The minimum absolute atomic E-state index is 0.271. The summed E-state index contributed by atoms with van der Waals surface area (Å²) in [4.78, 5) is 24.2. The highest BCUT2D eigenvalue weighted by Crippen LogP contribution is 2.29. The summed E-state index contributed by atoms with van der Waals surface area (Å²) in [7, 11) is 0. The number of nitrogens with zero attached hydrogens (tertiary/aromatic N) is 1. The molecule has 0 spiro atoms. The highest BCUT2D eigenvalue weighted by atomic mass is 16.4. The Morgan fingerprint density at radius 3 is 2.38 bits per heavy atom. The van der Waals surface area contributed by atoms with Crippen LogP contribution in [-0.4, -0.2) is 27.1 Å². The van der Waals surface area contributed by atoms with Crippen LogP contribution in [0, 0.1) is 13.8 Å². The van der Waals surface area contributed by atoms with E-state index in [9.17, 15) is 14.7 Å². The van der Waals surface area contributed by atoms with Crippen LogP contribution >= 0.6 is 0 Å². The van der Waals surface area contributed by atoms with E-state index in [0.717, 1.165) is 37.2 Å². The molecule has 116 valence electrons. The SMILES string of the molecule is CCn1c(C)cc(C(=O)NC2(C(=O)O)CCCCC2)c1C. The quantitative estimate of drug-likeness (QED) is 0.896. The molecular formula is C16H24N2O3. The minimum Gasteiger partial charge on any atom is -0.480 e. The van der Waals surface area contributed by atoms with Crippen molar-refractivity contribution in [3.05, 3.63) is 23.0 Å². The average Bonchev–Trinajstić information content (AvgIpc) is 2.74. The number of hydrogen-bond acceptors (Lipinski definition) is 2. The first-order valence-electron chi connectivity index (χ1n) is 7.64. The van der Waals surface area contributed by atoms with Crippen molar-refractivity contribution in [2.45, 2.75) is 65.0 Å². The predicted octanol–water partition coefficient (Wildman–Crippen LogP) is 2.64. The molecule has 0 unspecified atom stereocenters. The van der Waals surface area contributed by atoms with Crippen LogP contribution in [0.5, 0.6) is 0 Å². The Morgan fingerprint density at radius 2 is 1.90 bits per heavy atom. The standard InChI is InChI=1S/C16H24N2O3/c1-4-18-11(2)10-13(12(18)3)14(19)17-16(15(20)21)8-6-5-7-9-16/h10H,4-9H2,1-3H3,(H,17,19)(H,20,21). The van der Waals surface area contributed by atoms with E-state index in [1.807, 2.05) is 26.8 Å². The Bertz CT molecular complexity index is 554. The molecule has 5 nitrogen and oxygen atoms in total. The van der Waals surface area contributed by atoms with E-state index in [-0.39, 0.29) is 5.91 Å². The third-order valence-corrected chi connectivity index (χ3v) is 4.60. The normalized spacial score (nSPS) is 17.5. The molecule has 1 heterocycles. The molecule has 1 aliphatic rings. The summed E-state index contributed by atoms with van der Waals surface area (Å²) in [5, 5.41) is 12.3. The molecule has 0 aliphatic heterocycles. The Labute approximate surface area is 125 Å². The second-order valence-corrected chi connectivity index (χ2v) is 5.93. The Morgan fingerprint density at radius 1 is 1.29 bits per heavy atom. The van der Waals surface area contributed by atoms with E-state index >= 15 is 0 Å². The molecule has 1 saturated carbocycles. The van der Waals surface area contributed by atoms with Gasteiger partial charge in [0.2, 0.25) is 0 Å². The van der Waals surface area contributed by atoms with Crippen LogP contribution in [-0.2, 0) is 11.3 Å². The van der Waals surface area contributed by atoms with E-state index in [1.54, 1.807) is 0 Å². The van der Waals surface area contributed by atoms with Crippen LogP contribution in [0.4, 0.5) is 0 Å². The zero-order valence-electron chi connectivity index (χ0n) is 13.0. The molecule has 0 aromatic carbocycles. The zero-order valence-corrected chi connectivity index (χ0v) is 13.0. The number of carbonyl (C=O) groups is 2. The van der Waals surface area contributed by atoms with Crippen molar-refractivity contribution in [3.63, 3.8) is 0 Å². The molecule has 5 heteroatoms. The lowest BCUT2D eigenvalue weighted by Gasteiger charge is -2.34. The maximum Gasteiger partial charge on any atom is 0.329 e. The van der Waals surface area contributed by atoms with E-state index in [4.69, 9.17) is 0 Å². The maximum atomic E-state index is 12.5. The summed E-state index contributed by atoms with van der Waals surface area (Å²) in [6, 6.07) is 1.84. The number of carbonyl (C=O) groups excluding carboxylic acids is 1. The van der Waals surface area contributed by atoms with Gasteiger partial charge in [-0.3, -0.25) is 4.79 Å². The smallest absolute Gasteiger partial charge is 0.329 e. The summed E-state index contributed by atoms with van der Waals surface area (Å²) in [6.07, 6.45) is 3.76. The van der Waals surface area contributed by atoms with Gasteiger partial charge in [0.1, 0.15) is 5.54 Å². The van der Waals surface area contributed by atoms with Crippen molar-refractivity contribution in [1.29, 1.82) is 0 Å². The topological polar surface area (TPSA) is 71.3 Å². The van der Waals surface area contributed by atoms with Gasteiger partial charge in [0.15, 0.2) is 0 Å². The number of nitrogens with one attached hydrogen (secondary N) is 1. The molecule has 1 aromatic rings. The van der Waals surface area contributed by atoms with Crippen molar-refractivity contribution in [2.24, 2.45) is 0 Å². The van der Waals surface area contributed by atoms with Crippen molar-refractivity contribution >= 4 is 11.9 Å². The molecule has 1 aliphatic carbocycles. The number of hydrogen-bond donors (Lipinski definition) is 2.